The van der Waals surface area contributed by atoms with Crippen molar-refractivity contribution in [3.63, 3.8) is 0 Å². The van der Waals surface area contributed by atoms with Gasteiger partial charge in [-0.25, -0.2) is 0 Å². The summed E-state index contributed by atoms with van der Waals surface area (Å²) in [5, 5.41) is 0.539. The van der Waals surface area contributed by atoms with E-state index in [0.29, 0.717) is 22.9 Å². The lowest BCUT2D eigenvalue weighted by Crippen LogP contribution is -2.06. The van der Waals surface area contributed by atoms with Gasteiger partial charge in [-0.3, -0.25) is 4.79 Å². The predicted octanol–water partition coefficient (Wildman–Crippen LogP) is 5.11. The van der Waals surface area contributed by atoms with Crippen LogP contribution in [0.25, 0.3) is 0 Å². The van der Waals surface area contributed by atoms with Crippen LogP contribution in [0.1, 0.15) is 43.5 Å². The maximum atomic E-state index is 12.0. The van der Waals surface area contributed by atoms with Crippen molar-refractivity contribution in [2.75, 3.05) is 0 Å². The molecule has 88 valence electrons. The van der Waals surface area contributed by atoms with E-state index in [4.69, 9.17) is 11.6 Å². The van der Waals surface area contributed by atoms with Gasteiger partial charge in [-0.2, -0.15) is 0 Å². The van der Waals surface area contributed by atoms with E-state index in [1.165, 1.54) is 0 Å². The Kier molecular flexibility index (Phi) is 5.50. The van der Waals surface area contributed by atoms with Crippen LogP contribution >= 0.6 is 27.5 Å². The van der Waals surface area contributed by atoms with Crippen LogP contribution in [-0.2, 0) is 0 Å². The monoisotopic (exact) mass is 302 g/mol. The molecule has 0 amide bonds. The Morgan fingerprint density at radius 3 is 2.81 bits per heavy atom. The Labute approximate surface area is 110 Å². The van der Waals surface area contributed by atoms with Gasteiger partial charge in [-0.1, -0.05) is 54.2 Å². The number of benzene rings is 1. The largest absolute Gasteiger partial charge is 0.294 e. The fraction of sp³-hybridized carbons (Fsp3) is 0.462. The highest BCUT2D eigenvalue weighted by molar-refractivity contribution is 9.10. The predicted molar refractivity (Wildman–Crippen MR) is 72.2 cm³/mol. The van der Waals surface area contributed by atoms with E-state index in [9.17, 15) is 4.79 Å². The molecule has 0 aliphatic heterocycles. The van der Waals surface area contributed by atoms with Crippen molar-refractivity contribution >= 4 is 33.3 Å². The molecule has 0 aromatic heterocycles. The molecule has 0 spiro atoms. The zero-order valence-electron chi connectivity index (χ0n) is 9.59. The van der Waals surface area contributed by atoms with Gasteiger partial charge in [-0.15, -0.1) is 0 Å². The number of hydrogen-bond acceptors (Lipinski definition) is 1. The summed E-state index contributed by atoms with van der Waals surface area (Å²) >= 11 is 9.36. The average Bonchev–Trinajstić information content (AvgIpc) is 2.21. The summed E-state index contributed by atoms with van der Waals surface area (Å²) in [7, 11) is 0. The maximum Gasteiger partial charge on any atom is 0.164 e. The summed E-state index contributed by atoms with van der Waals surface area (Å²) in [6, 6.07) is 5.39. The highest BCUT2D eigenvalue weighted by Crippen LogP contribution is 2.24. The molecule has 0 aliphatic carbocycles. The molecule has 1 aromatic carbocycles. The van der Waals surface area contributed by atoms with E-state index in [0.717, 1.165) is 17.3 Å². The number of hydrogen-bond donors (Lipinski definition) is 0. The van der Waals surface area contributed by atoms with E-state index >= 15 is 0 Å². The van der Waals surface area contributed by atoms with Gasteiger partial charge in [0.2, 0.25) is 0 Å². The van der Waals surface area contributed by atoms with Crippen molar-refractivity contribution < 1.29 is 4.79 Å². The number of halogens is 2. The number of Topliss-reactive ketones (excluding diaryl/α,β-unsaturated/α-hetero) is 1. The van der Waals surface area contributed by atoms with Crippen LogP contribution in [0.3, 0.4) is 0 Å². The standard InChI is InChI=1S/C13H16BrClO/c1-3-4-9(2)7-13(16)11-8-10(14)5-6-12(11)15/h5-6,8-9H,3-4,7H2,1-2H3. The molecule has 0 N–H and O–H groups in total. The van der Waals surface area contributed by atoms with Gasteiger partial charge in [0.15, 0.2) is 5.78 Å². The Hall–Kier alpha value is -0.340. The SMILES string of the molecule is CCCC(C)CC(=O)c1cc(Br)ccc1Cl. The Bertz CT molecular complexity index is 376. The molecule has 0 saturated heterocycles. The molecule has 1 atom stereocenters. The molecule has 0 fully saturated rings. The Balaban J connectivity index is 2.76. The summed E-state index contributed by atoms with van der Waals surface area (Å²) in [6.45, 7) is 4.24. The summed E-state index contributed by atoms with van der Waals surface area (Å²) in [4.78, 5) is 12.0. The fourth-order valence-electron chi connectivity index (χ4n) is 1.73. The third kappa shape index (κ3) is 3.91. The van der Waals surface area contributed by atoms with Gasteiger partial charge < -0.3 is 0 Å². The third-order valence-electron chi connectivity index (χ3n) is 2.54. The summed E-state index contributed by atoms with van der Waals surface area (Å²) < 4.78 is 0.892. The van der Waals surface area contributed by atoms with Crippen molar-refractivity contribution in [3.8, 4) is 0 Å². The summed E-state index contributed by atoms with van der Waals surface area (Å²) in [5.41, 5.74) is 0.624. The maximum absolute atomic E-state index is 12.0. The van der Waals surface area contributed by atoms with Crippen molar-refractivity contribution in [2.24, 2.45) is 5.92 Å². The zero-order chi connectivity index (χ0) is 12.1. The van der Waals surface area contributed by atoms with Crippen LogP contribution in [-0.4, -0.2) is 5.78 Å². The molecular weight excluding hydrogens is 287 g/mol. The summed E-state index contributed by atoms with van der Waals surface area (Å²) in [6.07, 6.45) is 2.77. The first-order chi connectivity index (χ1) is 7.54. The summed E-state index contributed by atoms with van der Waals surface area (Å²) in [5.74, 6) is 0.555. The number of rotatable bonds is 5. The van der Waals surface area contributed by atoms with Gasteiger partial charge in [0, 0.05) is 16.5 Å². The quantitative estimate of drug-likeness (QED) is 0.691. The molecule has 1 nitrogen and oxygen atoms in total. The average molecular weight is 304 g/mol. The van der Waals surface area contributed by atoms with Gasteiger partial charge in [0.25, 0.3) is 0 Å². The normalized spacial score (nSPS) is 12.5. The minimum Gasteiger partial charge on any atom is -0.294 e. The zero-order valence-corrected chi connectivity index (χ0v) is 11.9. The molecule has 3 heteroatoms. The molecule has 1 aromatic rings. The van der Waals surface area contributed by atoms with Gasteiger partial charge >= 0.3 is 0 Å². The van der Waals surface area contributed by atoms with Crippen LogP contribution in [0.2, 0.25) is 5.02 Å². The van der Waals surface area contributed by atoms with E-state index in [1.807, 2.05) is 6.07 Å². The lowest BCUT2D eigenvalue weighted by Gasteiger charge is -2.10. The van der Waals surface area contributed by atoms with E-state index in [-0.39, 0.29) is 5.78 Å². The molecule has 0 aliphatic rings. The van der Waals surface area contributed by atoms with Crippen molar-refractivity contribution in [2.45, 2.75) is 33.1 Å². The lowest BCUT2D eigenvalue weighted by atomic mass is 9.96. The first-order valence-corrected chi connectivity index (χ1v) is 6.70. The molecular formula is C13H16BrClO. The highest BCUT2D eigenvalue weighted by Gasteiger charge is 2.14. The number of carbonyl (C=O) groups excluding carboxylic acids is 1. The van der Waals surface area contributed by atoms with Gasteiger partial charge in [-0.05, 0) is 24.1 Å². The van der Waals surface area contributed by atoms with Crippen molar-refractivity contribution in [3.05, 3.63) is 33.3 Å². The molecule has 0 saturated carbocycles. The second kappa shape index (κ2) is 6.41. The second-order valence-electron chi connectivity index (χ2n) is 4.15. The van der Waals surface area contributed by atoms with Crippen LogP contribution in [0.4, 0.5) is 0 Å². The Morgan fingerprint density at radius 2 is 2.19 bits per heavy atom. The number of carbonyl (C=O) groups is 1. The van der Waals surface area contributed by atoms with E-state index < -0.39 is 0 Å². The minimum absolute atomic E-state index is 0.132. The van der Waals surface area contributed by atoms with Crippen LogP contribution in [0.5, 0.6) is 0 Å². The van der Waals surface area contributed by atoms with E-state index in [1.54, 1.807) is 12.1 Å². The highest BCUT2D eigenvalue weighted by atomic mass is 79.9. The van der Waals surface area contributed by atoms with Crippen LogP contribution in [0.15, 0.2) is 22.7 Å². The lowest BCUT2D eigenvalue weighted by molar-refractivity contribution is 0.0962. The molecule has 1 rings (SSSR count). The van der Waals surface area contributed by atoms with Crippen LogP contribution < -0.4 is 0 Å². The second-order valence-corrected chi connectivity index (χ2v) is 5.47. The smallest absolute Gasteiger partial charge is 0.164 e. The molecule has 1 unspecified atom stereocenters. The molecule has 0 heterocycles. The first kappa shape index (κ1) is 13.7. The Morgan fingerprint density at radius 1 is 1.50 bits per heavy atom. The van der Waals surface area contributed by atoms with E-state index in [2.05, 4.69) is 29.8 Å². The fourth-order valence-corrected chi connectivity index (χ4v) is 2.32. The first-order valence-electron chi connectivity index (χ1n) is 5.52. The topological polar surface area (TPSA) is 17.1 Å². The molecule has 0 bridgehead atoms. The van der Waals surface area contributed by atoms with Crippen molar-refractivity contribution in [1.29, 1.82) is 0 Å². The minimum atomic E-state index is 0.132. The van der Waals surface area contributed by atoms with Crippen LogP contribution in [0, 0.1) is 5.92 Å². The van der Waals surface area contributed by atoms with Crippen molar-refractivity contribution in [1.82, 2.24) is 0 Å². The van der Waals surface area contributed by atoms with Gasteiger partial charge in [0.05, 0.1) is 5.02 Å². The van der Waals surface area contributed by atoms with Gasteiger partial charge in [0.1, 0.15) is 0 Å². The number of ketones is 1. The molecule has 16 heavy (non-hydrogen) atoms. The third-order valence-corrected chi connectivity index (χ3v) is 3.37. The molecule has 0 radical (unpaired) electrons.